The van der Waals surface area contributed by atoms with Crippen molar-refractivity contribution in [2.75, 3.05) is 13.2 Å². The maximum atomic E-state index is 14.2. The largest absolute Gasteiger partial charge is 0.493 e. The third-order valence-electron chi connectivity index (χ3n) is 11.2. The van der Waals surface area contributed by atoms with E-state index in [1.54, 1.807) is 22.3 Å². The number of aliphatic hydroxyl groups excluding tert-OH is 1. The number of hydrogen-bond acceptors (Lipinski definition) is 9. The zero-order valence-electron chi connectivity index (χ0n) is 34.6. The van der Waals surface area contributed by atoms with Crippen LogP contribution in [0, 0.1) is 12.8 Å². The minimum Gasteiger partial charge on any atom is -0.493 e. The number of esters is 1. The quantitative estimate of drug-likeness (QED) is 0.0637. The molecule has 0 saturated carbocycles. The number of thiazole rings is 1. The van der Waals surface area contributed by atoms with Crippen LogP contribution in [0.3, 0.4) is 0 Å². The summed E-state index contributed by atoms with van der Waals surface area (Å²) < 4.78 is 11.8. The molecule has 1 fully saturated rings. The summed E-state index contributed by atoms with van der Waals surface area (Å²) in [5.41, 5.74) is 7.04. The summed E-state index contributed by atoms with van der Waals surface area (Å²) in [6.07, 6.45) is 7.97. The molecule has 3 atom stereocenters. The number of benzene rings is 3. The fourth-order valence-corrected chi connectivity index (χ4v) is 8.84. The van der Waals surface area contributed by atoms with Gasteiger partial charge in [0.2, 0.25) is 11.8 Å². The fourth-order valence-electron chi connectivity index (χ4n) is 8.04. The van der Waals surface area contributed by atoms with E-state index in [1.165, 1.54) is 4.90 Å². The number of aromatic nitrogens is 1. The molecule has 0 radical (unpaired) electrons. The Kier molecular flexibility index (Phi) is 15.7. The zero-order chi connectivity index (χ0) is 41.7. The molecule has 0 unspecified atom stereocenters. The number of rotatable bonds is 21. The van der Waals surface area contributed by atoms with E-state index in [0.717, 1.165) is 84.2 Å². The third kappa shape index (κ3) is 11.6. The van der Waals surface area contributed by atoms with Crippen molar-refractivity contribution < 1.29 is 33.8 Å². The number of carbonyl (C=O) groups excluding carboxylic acids is 4. The summed E-state index contributed by atoms with van der Waals surface area (Å²) in [5.74, 6) is -0.543. The number of nitrogens with one attached hydrogen (secondary N) is 1. The Labute approximate surface area is 352 Å². The maximum Gasteiger partial charge on any atom is 0.306 e. The van der Waals surface area contributed by atoms with E-state index < -0.39 is 18.2 Å². The van der Waals surface area contributed by atoms with Gasteiger partial charge >= 0.3 is 5.97 Å². The van der Waals surface area contributed by atoms with E-state index in [1.807, 2.05) is 93.0 Å². The van der Waals surface area contributed by atoms with Crippen LogP contribution >= 0.6 is 11.3 Å². The summed E-state index contributed by atoms with van der Waals surface area (Å²) in [6.45, 7) is 7.18. The first-order valence-corrected chi connectivity index (χ1v) is 22.0. The van der Waals surface area contributed by atoms with Crippen molar-refractivity contribution >= 4 is 35.0 Å². The van der Waals surface area contributed by atoms with E-state index in [-0.39, 0.29) is 49.1 Å². The number of likely N-dealkylation sites (tertiary alicyclic amines) is 1. The molecule has 11 nitrogen and oxygen atoms in total. The van der Waals surface area contributed by atoms with Crippen LogP contribution in [0.4, 0.5) is 0 Å². The smallest absolute Gasteiger partial charge is 0.306 e. The predicted molar refractivity (Wildman–Crippen MR) is 228 cm³/mol. The van der Waals surface area contributed by atoms with Gasteiger partial charge in [0.1, 0.15) is 24.4 Å². The van der Waals surface area contributed by atoms with Crippen LogP contribution in [0.1, 0.15) is 111 Å². The number of ether oxygens (including phenoxy) is 2. The molecule has 1 aromatic heterocycles. The molecule has 3 aromatic carbocycles. The highest BCUT2D eigenvalue weighted by molar-refractivity contribution is 7.13. The first kappa shape index (κ1) is 43.5. The number of aliphatic hydroxyl groups is 1. The molecule has 314 valence electrons. The summed E-state index contributed by atoms with van der Waals surface area (Å²) in [4.78, 5) is 62.0. The molecule has 1 saturated heterocycles. The lowest BCUT2D eigenvalue weighted by atomic mass is 10.0. The van der Waals surface area contributed by atoms with Crippen LogP contribution in [0.25, 0.3) is 10.4 Å². The fraction of sp³-hybridized carbons (Fsp3) is 0.468. The molecule has 3 amide bonds. The van der Waals surface area contributed by atoms with Crippen molar-refractivity contribution in [3.63, 3.8) is 0 Å². The Morgan fingerprint density at radius 1 is 0.932 bits per heavy atom. The van der Waals surface area contributed by atoms with Crippen LogP contribution in [0.5, 0.6) is 5.75 Å². The summed E-state index contributed by atoms with van der Waals surface area (Å²) in [6, 6.07) is 21.4. The lowest BCUT2D eigenvalue weighted by Crippen LogP contribution is -2.55. The maximum absolute atomic E-state index is 14.2. The van der Waals surface area contributed by atoms with Crippen molar-refractivity contribution in [3.8, 4) is 16.2 Å². The van der Waals surface area contributed by atoms with Crippen LogP contribution in [0.2, 0.25) is 0 Å². The molecule has 0 bridgehead atoms. The summed E-state index contributed by atoms with van der Waals surface area (Å²) in [5, 5.41) is 13.7. The number of carbonyl (C=O) groups is 4. The van der Waals surface area contributed by atoms with Gasteiger partial charge in [0.05, 0.1) is 28.8 Å². The number of hydrogen-bond donors (Lipinski definition) is 2. The number of nitrogens with zero attached hydrogens (tertiary/aromatic N) is 3. The average molecular weight is 823 g/mol. The first-order chi connectivity index (χ1) is 28.6. The number of unbranched alkanes of at least 4 members (excludes halogenated alkanes) is 7. The van der Waals surface area contributed by atoms with E-state index in [2.05, 4.69) is 10.3 Å². The van der Waals surface area contributed by atoms with Gasteiger partial charge < -0.3 is 29.7 Å². The van der Waals surface area contributed by atoms with Crippen molar-refractivity contribution in [1.82, 2.24) is 20.1 Å². The van der Waals surface area contributed by atoms with Crippen LogP contribution < -0.4 is 10.1 Å². The average Bonchev–Trinajstić information content (AvgIpc) is 3.94. The first-order valence-electron chi connectivity index (χ1n) is 21.1. The number of amides is 3. The molecule has 0 spiro atoms. The highest BCUT2D eigenvalue weighted by atomic mass is 32.1. The minimum atomic E-state index is -0.872. The Morgan fingerprint density at radius 3 is 2.36 bits per heavy atom. The molecular formula is C47H58N4O7S. The van der Waals surface area contributed by atoms with Gasteiger partial charge in [0.15, 0.2) is 0 Å². The lowest BCUT2D eigenvalue weighted by molar-refractivity contribution is -0.145. The van der Waals surface area contributed by atoms with Crippen LogP contribution in [-0.2, 0) is 38.8 Å². The molecule has 4 aromatic rings. The Hall–Kier alpha value is -5.07. The molecular weight excluding hydrogens is 765 g/mol. The van der Waals surface area contributed by atoms with Crippen LogP contribution in [0.15, 0.2) is 78.3 Å². The van der Waals surface area contributed by atoms with Gasteiger partial charge in [-0.15, -0.1) is 11.3 Å². The monoisotopic (exact) mass is 822 g/mol. The Morgan fingerprint density at radius 2 is 1.64 bits per heavy atom. The van der Waals surface area contributed by atoms with E-state index >= 15 is 0 Å². The molecule has 2 aliphatic rings. The second-order valence-electron chi connectivity index (χ2n) is 16.1. The van der Waals surface area contributed by atoms with Crippen LogP contribution in [-0.4, -0.2) is 74.9 Å². The molecule has 0 aliphatic carbocycles. The summed E-state index contributed by atoms with van der Waals surface area (Å²) in [7, 11) is 0. The van der Waals surface area contributed by atoms with Gasteiger partial charge in [0, 0.05) is 43.6 Å². The molecule has 3 heterocycles. The SMILES string of the molecule is Cc1ncsc1-c1ccc(CNC(=O)[C@@H]2C[C@@H](O)CN2C(=O)[C@H](C(C)C)N2Cc3ccccc3C2=O)c(OCCCCCCCCCCC(=O)OCc2ccccc2)c1. The minimum absolute atomic E-state index is 0.0262. The van der Waals surface area contributed by atoms with E-state index in [0.29, 0.717) is 37.5 Å². The second-order valence-corrected chi connectivity index (χ2v) is 16.9. The van der Waals surface area contributed by atoms with E-state index in [9.17, 15) is 24.3 Å². The highest BCUT2D eigenvalue weighted by Gasteiger charge is 2.45. The Balaban J connectivity index is 0.974. The topological polar surface area (TPSA) is 138 Å². The van der Waals surface area contributed by atoms with Gasteiger partial charge in [-0.25, -0.2) is 4.98 Å². The third-order valence-corrected chi connectivity index (χ3v) is 12.2. The van der Waals surface area contributed by atoms with Gasteiger partial charge in [-0.1, -0.05) is 113 Å². The molecule has 2 aliphatic heterocycles. The number of aryl methyl sites for hydroxylation is 1. The Bertz CT molecular complexity index is 2040. The van der Waals surface area contributed by atoms with Crippen molar-refractivity contribution in [3.05, 3.63) is 106 Å². The molecule has 6 rings (SSSR count). The van der Waals surface area contributed by atoms with Gasteiger partial charge in [-0.2, -0.15) is 0 Å². The number of β-amino-alcohol motifs (C(OH)–C–C–N with tert-alkyl or cyclic N) is 1. The van der Waals surface area contributed by atoms with E-state index in [4.69, 9.17) is 9.47 Å². The van der Waals surface area contributed by atoms with Crippen molar-refractivity contribution in [2.24, 2.45) is 5.92 Å². The highest BCUT2D eigenvalue weighted by Crippen LogP contribution is 2.33. The summed E-state index contributed by atoms with van der Waals surface area (Å²) >= 11 is 1.57. The van der Waals surface area contributed by atoms with Gasteiger partial charge in [0.25, 0.3) is 5.91 Å². The normalized spacial score (nSPS) is 16.7. The predicted octanol–water partition coefficient (Wildman–Crippen LogP) is 8.01. The lowest BCUT2D eigenvalue weighted by Gasteiger charge is -2.35. The molecule has 2 N–H and O–H groups in total. The second kappa shape index (κ2) is 21.3. The number of fused-ring (bicyclic) bond motifs is 1. The molecule has 12 heteroatoms. The standard InChI is InChI=1S/C47H58N4O7S/c1-32(2)43(51-28-37-19-14-15-20-39(37)46(51)55)47(56)50-29-38(52)26-40(50)45(54)48-27-36-23-22-35(44-33(3)49-31-59-44)25-41(36)57-24-16-9-7-5-4-6-8-13-21-42(53)58-30-34-17-11-10-12-18-34/h10-12,14-15,17-20,22-23,25,31-32,38,40,43,52H,4-9,13,16,21,24,26-30H2,1-3H3,(H,48,54)/t38-,40+,43+/m1/s1. The van der Waals surface area contributed by atoms with Gasteiger partial charge in [-0.05, 0) is 54.5 Å². The zero-order valence-corrected chi connectivity index (χ0v) is 35.4. The van der Waals surface area contributed by atoms with Gasteiger partial charge in [-0.3, -0.25) is 19.2 Å². The van der Waals surface area contributed by atoms with Crippen molar-refractivity contribution in [2.45, 2.75) is 123 Å². The molecule has 59 heavy (non-hydrogen) atoms. The van der Waals surface area contributed by atoms with Crippen molar-refractivity contribution in [1.29, 1.82) is 0 Å².